The molecule has 1 heterocycles. The van der Waals surface area contributed by atoms with Crippen molar-refractivity contribution in [1.82, 2.24) is 0 Å². The maximum atomic E-state index is 13.2. The third-order valence-corrected chi connectivity index (χ3v) is 5.74. The van der Waals surface area contributed by atoms with Gasteiger partial charge in [-0.3, -0.25) is 9.10 Å². The average molecular weight is 370 g/mol. The van der Waals surface area contributed by atoms with Crippen LogP contribution >= 0.6 is 0 Å². The molecule has 1 amide bonds. The zero-order valence-electron chi connectivity index (χ0n) is 14.1. The molecule has 0 aliphatic heterocycles. The van der Waals surface area contributed by atoms with Gasteiger partial charge < -0.3 is 9.73 Å². The number of hydrogen-bond acceptors (Lipinski definition) is 4. The van der Waals surface area contributed by atoms with Crippen LogP contribution in [0.1, 0.15) is 17.5 Å². The van der Waals surface area contributed by atoms with Crippen molar-refractivity contribution < 1.29 is 17.6 Å². The molecule has 0 radical (unpaired) electrons. The van der Waals surface area contributed by atoms with Crippen molar-refractivity contribution in [2.75, 3.05) is 16.2 Å². The molecule has 1 N–H and O–H groups in total. The molecule has 0 atom stereocenters. The van der Waals surface area contributed by atoms with Crippen LogP contribution in [0, 0.1) is 0 Å². The highest BCUT2D eigenvalue weighted by molar-refractivity contribution is 7.93. The smallest absolute Gasteiger partial charge is 0.291 e. The quantitative estimate of drug-likeness (QED) is 0.717. The number of anilines is 2. The molecule has 0 saturated carbocycles. The molecule has 0 unspecified atom stereocenters. The van der Waals surface area contributed by atoms with Gasteiger partial charge in [0, 0.05) is 6.54 Å². The molecule has 6 nitrogen and oxygen atoms in total. The van der Waals surface area contributed by atoms with Gasteiger partial charge in [-0.1, -0.05) is 30.3 Å². The standard InChI is InChI=1S/C19H18N2O4S/c1-2-21(15-9-4-3-5-10-15)26(23,24)18-13-7-6-11-16(18)20-19(22)17-12-8-14-25-17/h3-14H,2H2,1H3,(H,20,22). The predicted octanol–water partition coefficient (Wildman–Crippen LogP) is 3.75. The van der Waals surface area contributed by atoms with E-state index in [9.17, 15) is 13.2 Å². The van der Waals surface area contributed by atoms with Crippen LogP contribution in [0.25, 0.3) is 0 Å². The summed E-state index contributed by atoms with van der Waals surface area (Å²) in [4.78, 5) is 12.3. The van der Waals surface area contributed by atoms with E-state index in [1.165, 1.54) is 22.7 Å². The molecule has 1 aromatic heterocycles. The number of rotatable bonds is 6. The molecule has 0 aliphatic carbocycles. The predicted molar refractivity (Wildman–Crippen MR) is 99.8 cm³/mol. The van der Waals surface area contributed by atoms with Crippen molar-refractivity contribution in [1.29, 1.82) is 0 Å². The molecule has 3 rings (SSSR count). The van der Waals surface area contributed by atoms with Crippen molar-refractivity contribution in [3.05, 3.63) is 78.8 Å². The van der Waals surface area contributed by atoms with E-state index in [1.807, 2.05) is 6.07 Å². The largest absolute Gasteiger partial charge is 0.459 e. The fourth-order valence-electron chi connectivity index (χ4n) is 2.59. The lowest BCUT2D eigenvalue weighted by Gasteiger charge is -2.24. The minimum atomic E-state index is -3.86. The Labute approximate surface area is 152 Å². The summed E-state index contributed by atoms with van der Waals surface area (Å²) in [6.45, 7) is 2.02. The Morgan fingerprint density at radius 1 is 1.00 bits per heavy atom. The Balaban J connectivity index is 1.99. The Morgan fingerprint density at radius 2 is 1.69 bits per heavy atom. The molecule has 0 spiro atoms. The van der Waals surface area contributed by atoms with Crippen molar-refractivity contribution in [3.8, 4) is 0 Å². The number of sulfonamides is 1. The molecule has 26 heavy (non-hydrogen) atoms. The van der Waals surface area contributed by atoms with Crippen molar-refractivity contribution >= 4 is 27.3 Å². The SMILES string of the molecule is CCN(c1ccccc1)S(=O)(=O)c1ccccc1NC(=O)c1ccco1. The average Bonchev–Trinajstić information content (AvgIpc) is 3.18. The molecular weight excluding hydrogens is 352 g/mol. The van der Waals surface area contributed by atoms with Gasteiger partial charge in [-0.15, -0.1) is 0 Å². The minimum Gasteiger partial charge on any atom is -0.459 e. The Morgan fingerprint density at radius 3 is 2.35 bits per heavy atom. The van der Waals surface area contributed by atoms with Crippen molar-refractivity contribution in [2.45, 2.75) is 11.8 Å². The van der Waals surface area contributed by atoms with Gasteiger partial charge in [-0.05, 0) is 43.3 Å². The van der Waals surface area contributed by atoms with E-state index in [0.717, 1.165) is 0 Å². The highest BCUT2D eigenvalue weighted by atomic mass is 32.2. The number of carbonyl (C=O) groups is 1. The van der Waals surface area contributed by atoms with E-state index in [2.05, 4.69) is 5.32 Å². The topological polar surface area (TPSA) is 79.6 Å². The molecule has 134 valence electrons. The summed E-state index contributed by atoms with van der Waals surface area (Å²) in [6, 6.07) is 18.2. The van der Waals surface area contributed by atoms with E-state index in [4.69, 9.17) is 4.42 Å². The second kappa shape index (κ2) is 7.45. The summed E-state index contributed by atoms with van der Waals surface area (Å²) in [5.74, 6) is -0.409. The summed E-state index contributed by atoms with van der Waals surface area (Å²) in [5.41, 5.74) is 0.755. The molecule has 3 aromatic rings. The fraction of sp³-hybridized carbons (Fsp3) is 0.105. The molecular formula is C19H18N2O4S. The van der Waals surface area contributed by atoms with E-state index in [0.29, 0.717) is 5.69 Å². The first-order valence-corrected chi connectivity index (χ1v) is 9.49. The fourth-order valence-corrected chi connectivity index (χ4v) is 4.21. The highest BCUT2D eigenvalue weighted by Crippen LogP contribution is 2.28. The van der Waals surface area contributed by atoms with Crippen LogP contribution in [0.5, 0.6) is 0 Å². The van der Waals surface area contributed by atoms with Crippen molar-refractivity contribution in [3.63, 3.8) is 0 Å². The van der Waals surface area contributed by atoms with Crippen LogP contribution < -0.4 is 9.62 Å². The number of nitrogens with one attached hydrogen (secondary N) is 1. The molecule has 7 heteroatoms. The maximum absolute atomic E-state index is 13.2. The van der Waals surface area contributed by atoms with E-state index in [1.54, 1.807) is 55.5 Å². The first-order chi connectivity index (χ1) is 12.5. The van der Waals surface area contributed by atoms with Crippen LogP contribution in [0.2, 0.25) is 0 Å². The minimum absolute atomic E-state index is 0.0191. The van der Waals surface area contributed by atoms with Gasteiger partial charge >= 0.3 is 0 Å². The van der Waals surface area contributed by atoms with Crippen LogP contribution in [0.3, 0.4) is 0 Å². The molecule has 0 saturated heterocycles. The lowest BCUT2D eigenvalue weighted by atomic mass is 10.3. The van der Waals surface area contributed by atoms with Gasteiger partial charge in [0.1, 0.15) is 4.90 Å². The van der Waals surface area contributed by atoms with Gasteiger partial charge in [0.15, 0.2) is 5.76 Å². The summed E-state index contributed by atoms with van der Waals surface area (Å²) >= 11 is 0. The summed E-state index contributed by atoms with van der Waals surface area (Å²) < 4.78 is 32.8. The maximum Gasteiger partial charge on any atom is 0.291 e. The van der Waals surface area contributed by atoms with Gasteiger partial charge in [-0.25, -0.2) is 8.42 Å². The van der Waals surface area contributed by atoms with Gasteiger partial charge in [0.2, 0.25) is 0 Å². The number of para-hydroxylation sites is 2. The Bertz CT molecular complexity index is 983. The van der Waals surface area contributed by atoms with Gasteiger partial charge in [-0.2, -0.15) is 0 Å². The Kier molecular flexibility index (Phi) is 5.09. The second-order valence-corrected chi connectivity index (χ2v) is 7.26. The van der Waals surface area contributed by atoms with Crippen LogP contribution in [-0.2, 0) is 10.0 Å². The van der Waals surface area contributed by atoms with E-state index < -0.39 is 15.9 Å². The first-order valence-electron chi connectivity index (χ1n) is 8.05. The number of hydrogen-bond donors (Lipinski definition) is 1. The summed E-state index contributed by atoms with van der Waals surface area (Å²) in [7, 11) is -3.86. The molecule has 2 aromatic carbocycles. The van der Waals surface area contributed by atoms with E-state index >= 15 is 0 Å². The zero-order valence-corrected chi connectivity index (χ0v) is 14.9. The Hall–Kier alpha value is -3.06. The monoisotopic (exact) mass is 370 g/mol. The number of amides is 1. The van der Waals surface area contributed by atoms with Crippen molar-refractivity contribution in [2.24, 2.45) is 0 Å². The second-order valence-electron chi connectivity index (χ2n) is 5.43. The summed E-state index contributed by atoms with van der Waals surface area (Å²) in [5, 5.41) is 2.61. The number of benzene rings is 2. The third-order valence-electron chi connectivity index (χ3n) is 3.78. The van der Waals surface area contributed by atoms with Crippen LogP contribution in [0.15, 0.2) is 82.3 Å². The lowest BCUT2D eigenvalue weighted by Crippen LogP contribution is -2.31. The van der Waals surface area contributed by atoms with Gasteiger partial charge in [0.05, 0.1) is 17.6 Å². The lowest BCUT2D eigenvalue weighted by molar-refractivity contribution is 0.0996. The first kappa shape index (κ1) is 17.8. The number of carbonyl (C=O) groups excluding carboxylic acids is 1. The number of furan rings is 1. The summed E-state index contributed by atoms with van der Waals surface area (Å²) in [6.07, 6.45) is 1.38. The van der Waals surface area contributed by atoms with Crippen LogP contribution in [0.4, 0.5) is 11.4 Å². The van der Waals surface area contributed by atoms with Gasteiger partial charge in [0.25, 0.3) is 15.9 Å². The third kappa shape index (κ3) is 3.48. The molecule has 0 fully saturated rings. The molecule has 0 bridgehead atoms. The number of nitrogens with zero attached hydrogens (tertiary/aromatic N) is 1. The molecule has 0 aliphatic rings. The normalized spacial score (nSPS) is 11.1. The highest BCUT2D eigenvalue weighted by Gasteiger charge is 2.27. The van der Waals surface area contributed by atoms with E-state index in [-0.39, 0.29) is 22.9 Å². The van der Waals surface area contributed by atoms with Crippen LogP contribution in [-0.4, -0.2) is 20.9 Å². The zero-order chi connectivity index (χ0) is 18.6.